The largest absolute Gasteiger partial charge is 0.321 e. The molecule has 2 aromatic rings. The summed E-state index contributed by atoms with van der Waals surface area (Å²) < 4.78 is 0. The monoisotopic (exact) mass is 359 g/mol. The van der Waals surface area contributed by atoms with Crippen LogP contribution in [0.15, 0.2) is 42.5 Å². The van der Waals surface area contributed by atoms with Crippen molar-refractivity contribution in [2.45, 2.75) is 0 Å². The summed E-state index contributed by atoms with van der Waals surface area (Å²) in [7, 11) is 0. The average molecular weight is 361 g/mol. The minimum absolute atomic E-state index is 0.342. The van der Waals surface area contributed by atoms with Gasteiger partial charge in [-0.05, 0) is 42.0 Å². The highest BCUT2D eigenvalue weighted by molar-refractivity contribution is 6.36. The van der Waals surface area contributed by atoms with Crippen molar-refractivity contribution in [3.05, 3.63) is 68.1 Å². The molecule has 21 heavy (non-hydrogen) atoms. The maximum Gasteiger partial charge on any atom is 0.248 e. The van der Waals surface area contributed by atoms with Crippen LogP contribution in [-0.4, -0.2) is 5.91 Å². The Hall–Kier alpha value is -1.19. The summed E-state index contributed by atoms with van der Waals surface area (Å²) in [5.41, 5.74) is 1.13. The molecule has 0 spiro atoms. The molecule has 0 aromatic heterocycles. The average Bonchev–Trinajstić information content (AvgIpc) is 2.42. The summed E-state index contributed by atoms with van der Waals surface area (Å²) in [6.07, 6.45) is 2.94. The lowest BCUT2D eigenvalue weighted by atomic mass is 10.2. The zero-order valence-corrected chi connectivity index (χ0v) is 13.6. The van der Waals surface area contributed by atoms with Gasteiger partial charge in [-0.2, -0.15) is 0 Å². The van der Waals surface area contributed by atoms with Gasteiger partial charge in [-0.3, -0.25) is 4.79 Å². The molecule has 0 heterocycles. The fourth-order valence-corrected chi connectivity index (χ4v) is 2.38. The number of halogens is 4. The number of hydrogen-bond donors (Lipinski definition) is 1. The highest BCUT2D eigenvalue weighted by Gasteiger charge is 2.04. The number of hydrogen-bond acceptors (Lipinski definition) is 1. The zero-order valence-electron chi connectivity index (χ0n) is 10.5. The molecule has 1 N–H and O–H groups in total. The van der Waals surface area contributed by atoms with E-state index in [9.17, 15) is 4.79 Å². The third-order valence-corrected chi connectivity index (χ3v) is 3.69. The lowest BCUT2D eigenvalue weighted by molar-refractivity contribution is -0.111. The van der Waals surface area contributed by atoms with Crippen molar-refractivity contribution in [1.29, 1.82) is 0 Å². The van der Waals surface area contributed by atoms with Gasteiger partial charge in [-0.15, -0.1) is 0 Å². The molecular weight excluding hydrogens is 352 g/mol. The molecule has 0 unspecified atom stereocenters. The topological polar surface area (TPSA) is 29.1 Å². The summed E-state index contributed by atoms with van der Waals surface area (Å²) in [4.78, 5) is 11.9. The van der Waals surface area contributed by atoms with Crippen LogP contribution in [0, 0.1) is 0 Å². The van der Waals surface area contributed by atoms with Gasteiger partial charge in [0, 0.05) is 21.1 Å². The Morgan fingerprint density at radius 1 is 0.905 bits per heavy atom. The number of nitrogens with one attached hydrogen (secondary N) is 1. The van der Waals surface area contributed by atoms with E-state index in [1.165, 1.54) is 6.08 Å². The van der Waals surface area contributed by atoms with Crippen molar-refractivity contribution in [1.82, 2.24) is 0 Å². The van der Waals surface area contributed by atoms with Crippen LogP contribution in [-0.2, 0) is 4.79 Å². The lowest BCUT2D eigenvalue weighted by Gasteiger charge is -2.05. The van der Waals surface area contributed by atoms with Crippen molar-refractivity contribution < 1.29 is 4.79 Å². The van der Waals surface area contributed by atoms with E-state index in [2.05, 4.69) is 5.32 Å². The van der Waals surface area contributed by atoms with Crippen LogP contribution < -0.4 is 5.32 Å². The van der Waals surface area contributed by atoms with E-state index >= 15 is 0 Å². The molecule has 0 aliphatic heterocycles. The molecule has 0 atom stereocenters. The quantitative estimate of drug-likeness (QED) is 0.673. The third-order valence-electron chi connectivity index (χ3n) is 2.56. The molecule has 108 valence electrons. The van der Waals surface area contributed by atoms with Crippen LogP contribution >= 0.6 is 46.4 Å². The molecule has 0 radical (unpaired) electrons. The second-order valence-corrected chi connectivity index (χ2v) is 5.80. The van der Waals surface area contributed by atoms with E-state index in [1.807, 2.05) is 0 Å². The first-order valence-electron chi connectivity index (χ1n) is 5.85. The molecule has 0 aliphatic carbocycles. The predicted molar refractivity (Wildman–Crippen MR) is 90.6 cm³/mol. The second-order valence-electron chi connectivity index (χ2n) is 4.11. The van der Waals surface area contributed by atoms with Gasteiger partial charge in [0.2, 0.25) is 5.91 Å². The Morgan fingerprint density at radius 3 is 2.29 bits per heavy atom. The number of amides is 1. The van der Waals surface area contributed by atoms with Gasteiger partial charge < -0.3 is 5.32 Å². The van der Waals surface area contributed by atoms with Gasteiger partial charge in [-0.25, -0.2) is 0 Å². The maximum absolute atomic E-state index is 11.9. The number of benzene rings is 2. The molecular formula is C15H9Cl4NO. The van der Waals surface area contributed by atoms with E-state index in [1.54, 1.807) is 42.5 Å². The van der Waals surface area contributed by atoms with E-state index in [0.29, 0.717) is 31.3 Å². The van der Waals surface area contributed by atoms with Crippen LogP contribution in [0.4, 0.5) is 5.69 Å². The highest BCUT2D eigenvalue weighted by atomic mass is 35.5. The standard InChI is InChI=1S/C15H9Cl4NO/c16-10-3-1-9(13(19)7-10)2-6-15(21)20-14-8-11(17)4-5-12(14)18/h1-8H,(H,20,21)/b6-2+. The van der Waals surface area contributed by atoms with Crippen molar-refractivity contribution in [3.63, 3.8) is 0 Å². The van der Waals surface area contributed by atoms with Crippen LogP contribution in [0.1, 0.15) is 5.56 Å². The van der Waals surface area contributed by atoms with Crippen LogP contribution in [0.5, 0.6) is 0 Å². The van der Waals surface area contributed by atoms with Crippen LogP contribution in [0.25, 0.3) is 6.08 Å². The predicted octanol–water partition coefficient (Wildman–Crippen LogP) is 5.95. The van der Waals surface area contributed by atoms with Gasteiger partial charge in [0.25, 0.3) is 0 Å². The summed E-state index contributed by atoms with van der Waals surface area (Å²) in [6, 6.07) is 9.85. The SMILES string of the molecule is O=C(/C=C/c1ccc(Cl)cc1Cl)Nc1cc(Cl)ccc1Cl. The molecule has 0 saturated heterocycles. The summed E-state index contributed by atoms with van der Waals surface area (Å²) in [5, 5.41) is 4.53. The Bertz CT molecular complexity index is 713. The molecule has 6 heteroatoms. The number of anilines is 1. The normalized spacial score (nSPS) is 10.9. The number of carbonyl (C=O) groups is 1. The van der Waals surface area contributed by atoms with E-state index < -0.39 is 0 Å². The molecule has 2 rings (SSSR count). The molecule has 0 bridgehead atoms. The van der Waals surface area contributed by atoms with Gasteiger partial charge in [0.1, 0.15) is 0 Å². The van der Waals surface area contributed by atoms with Crippen molar-refractivity contribution in [2.24, 2.45) is 0 Å². The molecule has 2 aromatic carbocycles. The van der Waals surface area contributed by atoms with Crippen molar-refractivity contribution in [2.75, 3.05) is 5.32 Å². The minimum atomic E-state index is -0.342. The Balaban J connectivity index is 2.11. The van der Waals surface area contributed by atoms with E-state index in [4.69, 9.17) is 46.4 Å². The first-order valence-corrected chi connectivity index (χ1v) is 7.36. The lowest BCUT2D eigenvalue weighted by Crippen LogP contribution is -2.08. The Kier molecular flexibility index (Phi) is 5.54. The van der Waals surface area contributed by atoms with Gasteiger partial charge in [0.15, 0.2) is 0 Å². The second kappa shape index (κ2) is 7.19. The number of rotatable bonds is 3. The number of carbonyl (C=O) groups excluding carboxylic acids is 1. The molecule has 2 nitrogen and oxygen atoms in total. The van der Waals surface area contributed by atoms with E-state index in [-0.39, 0.29) is 5.91 Å². The molecule has 0 saturated carbocycles. The minimum Gasteiger partial charge on any atom is -0.321 e. The maximum atomic E-state index is 11.9. The van der Waals surface area contributed by atoms with Crippen LogP contribution in [0.2, 0.25) is 20.1 Å². The molecule has 1 amide bonds. The molecule has 0 fully saturated rings. The highest BCUT2D eigenvalue weighted by Crippen LogP contribution is 2.26. The summed E-state index contributed by atoms with van der Waals surface area (Å²) in [6.45, 7) is 0. The Labute approximate surface area is 142 Å². The van der Waals surface area contributed by atoms with Gasteiger partial charge in [0.05, 0.1) is 10.7 Å². The first-order chi connectivity index (χ1) is 9.95. The van der Waals surface area contributed by atoms with Crippen molar-refractivity contribution in [3.8, 4) is 0 Å². The fraction of sp³-hybridized carbons (Fsp3) is 0. The van der Waals surface area contributed by atoms with E-state index in [0.717, 1.165) is 0 Å². The smallest absolute Gasteiger partial charge is 0.248 e. The third kappa shape index (κ3) is 4.65. The van der Waals surface area contributed by atoms with Crippen molar-refractivity contribution >= 4 is 64.1 Å². The summed E-state index contributed by atoms with van der Waals surface area (Å²) >= 11 is 23.6. The van der Waals surface area contributed by atoms with Gasteiger partial charge >= 0.3 is 0 Å². The Morgan fingerprint density at radius 2 is 1.57 bits per heavy atom. The zero-order chi connectivity index (χ0) is 15.4. The fourth-order valence-electron chi connectivity index (χ4n) is 1.57. The van der Waals surface area contributed by atoms with Gasteiger partial charge in [-0.1, -0.05) is 52.5 Å². The molecule has 0 aliphatic rings. The van der Waals surface area contributed by atoms with Crippen LogP contribution in [0.3, 0.4) is 0 Å². The summed E-state index contributed by atoms with van der Waals surface area (Å²) in [5.74, 6) is -0.342. The first kappa shape index (κ1) is 16.2.